The van der Waals surface area contributed by atoms with E-state index in [4.69, 9.17) is 0 Å². The van der Waals surface area contributed by atoms with Gasteiger partial charge in [0.2, 0.25) is 0 Å². The molecular formula is C21H26FIN4OS. The van der Waals surface area contributed by atoms with Gasteiger partial charge in [-0.15, -0.1) is 24.0 Å². The summed E-state index contributed by atoms with van der Waals surface area (Å²) in [6, 6.07) is 14.6. The Morgan fingerprint density at radius 3 is 2.66 bits per heavy atom. The normalized spacial score (nSPS) is 12.4. The second-order valence-corrected chi connectivity index (χ2v) is 8.03. The number of hydrogen-bond donors (Lipinski definition) is 3. The number of aromatic amines is 1. The summed E-state index contributed by atoms with van der Waals surface area (Å²) in [6.07, 6.45) is 2.70. The van der Waals surface area contributed by atoms with Crippen LogP contribution in [0.5, 0.6) is 0 Å². The number of aromatic nitrogens is 1. The van der Waals surface area contributed by atoms with Gasteiger partial charge in [0.25, 0.3) is 0 Å². The van der Waals surface area contributed by atoms with Crippen molar-refractivity contribution in [3.8, 4) is 0 Å². The topological polar surface area (TPSA) is 69.3 Å². The number of H-pyrrole nitrogens is 1. The maximum absolute atomic E-state index is 13.3. The van der Waals surface area contributed by atoms with Gasteiger partial charge in [0.05, 0.1) is 0 Å². The Bertz CT molecular complexity index is 962. The molecule has 156 valence electrons. The first kappa shape index (κ1) is 23.3. The smallest absolute Gasteiger partial charge is 0.191 e. The molecule has 0 bridgehead atoms. The molecule has 0 saturated carbocycles. The molecule has 5 nitrogen and oxygen atoms in total. The van der Waals surface area contributed by atoms with Crippen molar-refractivity contribution < 1.29 is 8.60 Å². The average Bonchev–Trinajstić information content (AvgIpc) is 3.09. The quantitative estimate of drug-likeness (QED) is 0.238. The van der Waals surface area contributed by atoms with Crippen molar-refractivity contribution in [2.75, 3.05) is 25.9 Å². The zero-order valence-corrected chi connectivity index (χ0v) is 19.4. The maximum Gasteiger partial charge on any atom is 0.191 e. The zero-order chi connectivity index (χ0) is 19.8. The van der Waals surface area contributed by atoms with Crippen LogP contribution in [0.4, 0.5) is 4.39 Å². The number of nitrogens with one attached hydrogen (secondary N) is 3. The van der Waals surface area contributed by atoms with Crippen molar-refractivity contribution in [2.45, 2.75) is 12.2 Å². The van der Waals surface area contributed by atoms with E-state index in [1.165, 1.54) is 12.1 Å². The minimum Gasteiger partial charge on any atom is -0.361 e. The minimum atomic E-state index is -0.917. The van der Waals surface area contributed by atoms with Crippen molar-refractivity contribution in [3.63, 3.8) is 0 Å². The van der Waals surface area contributed by atoms with E-state index < -0.39 is 10.8 Å². The Hall–Kier alpha value is -1.94. The standard InChI is InChI=1S/C21H25FN4OS.HI/c1-23-21(25-11-12-28(27)15-16-5-3-2-4-6-16)24-10-9-17-14-26-20-13-18(22)7-8-19(17)20;/h2-8,13-14,26H,9-12,15H2,1H3,(H2,23,24,25);1H. The third-order valence-corrected chi connectivity index (χ3v) is 5.75. The molecule has 1 unspecified atom stereocenters. The Balaban J connectivity index is 0.00000300. The van der Waals surface area contributed by atoms with Crippen LogP contribution < -0.4 is 10.6 Å². The van der Waals surface area contributed by atoms with Gasteiger partial charge >= 0.3 is 0 Å². The van der Waals surface area contributed by atoms with Crippen LogP contribution in [-0.4, -0.2) is 41.0 Å². The van der Waals surface area contributed by atoms with Gasteiger partial charge in [0.1, 0.15) is 5.82 Å². The number of benzene rings is 2. The molecule has 8 heteroatoms. The number of guanidine groups is 1. The molecule has 3 rings (SSSR count). The van der Waals surface area contributed by atoms with E-state index in [-0.39, 0.29) is 29.8 Å². The van der Waals surface area contributed by atoms with Crippen LogP contribution in [0.2, 0.25) is 0 Å². The third-order valence-electron chi connectivity index (χ3n) is 4.43. The highest BCUT2D eigenvalue weighted by Gasteiger charge is 2.06. The van der Waals surface area contributed by atoms with Crippen LogP contribution in [-0.2, 0) is 23.0 Å². The first-order valence-corrected chi connectivity index (χ1v) is 10.7. The fourth-order valence-corrected chi connectivity index (χ4v) is 4.06. The summed E-state index contributed by atoms with van der Waals surface area (Å²) in [5.74, 6) is 1.56. The second kappa shape index (κ2) is 11.9. The molecule has 2 aromatic carbocycles. The van der Waals surface area contributed by atoms with Gasteiger partial charge in [-0.25, -0.2) is 4.39 Å². The number of nitrogens with zero attached hydrogens (tertiary/aromatic N) is 1. The van der Waals surface area contributed by atoms with Crippen LogP contribution in [0.15, 0.2) is 59.7 Å². The van der Waals surface area contributed by atoms with Crippen molar-refractivity contribution in [3.05, 3.63) is 71.7 Å². The maximum atomic E-state index is 13.3. The number of fused-ring (bicyclic) bond motifs is 1. The largest absolute Gasteiger partial charge is 0.361 e. The first-order chi connectivity index (χ1) is 13.7. The van der Waals surface area contributed by atoms with E-state index in [0.717, 1.165) is 28.5 Å². The Morgan fingerprint density at radius 2 is 1.90 bits per heavy atom. The number of halogens is 2. The third kappa shape index (κ3) is 7.11. The monoisotopic (exact) mass is 528 g/mol. The lowest BCUT2D eigenvalue weighted by molar-refractivity contribution is 0.629. The number of hydrogen-bond acceptors (Lipinski definition) is 2. The molecule has 1 aromatic heterocycles. The molecule has 3 N–H and O–H groups in total. The van der Waals surface area contributed by atoms with Gasteiger partial charge in [-0.2, -0.15) is 0 Å². The SMILES string of the molecule is CN=C(NCCc1c[nH]c2cc(F)ccc12)NCCS(=O)Cc1ccccc1.I. The fraction of sp³-hybridized carbons (Fsp3) is 0.286. The van der Waals surface area contributed by atoms with E-state index in [1.54, 1.807) is 13.1 Å². The van der Waals surface area contributed by atoms with Crippen LogP contribution >= 0.6 is 24.0 Å². The molecule has 0 spiro atoms. The summed E-state index contributed by atoms with van der Waals surface area (Å²) in [6.45, 7) is 1.28. The highest BCUT2D eigenvalue weighted by Crippen LogP contribution is 2.19. The van der Waals surface area contributed by atoms with Crippen molar-refractivity contribution in [1.29, 1.82) is 0 Å². The highest BCUT2D eigenvalue weighted by atomic mass is 127. The molecule has 1 heterocycles. The van der Waals surface area contributed by atoms with Crippen molar-refractivity contribution in [1.82, 2.24) is 15.6 Å². The lowest BCUT2D eigenvalue weighted by Gasteiger charge is -2.11. The lowest BCUT2D eigenvalue weighted by atomic mass is 10.1. The van der Waals surface area contributed by atoms with Gasteiger partial charge in [0.15, 0.2) is 5.96 Å². The second-order valence-electron chi connectivity index (χ2n) is 6.45. The molecular weight excluding hydrogens is 502 g/mol. The highest BCUT2D eigenvalue weighted by molar-refractivity contribution is 14.0. The molecule has 0 aliphatic carbocycles. The number of aliphatic imine (C=N–C) groups is 1. The van der Waals surface area contributed by atoms with Crippen LogP contribution in [0.3, 0.4) is 0 Å². The summed E-state index contributed by atoms with van der Waals surface area (Å²) < 4.78 is 25.4. The molecule has 0 aliphatic heterocycles. The van der Waals surface area contributed by atoms with E-state index in [1.807, 2.05) is 36.5 Å². The first-order valence-electron chi connectivity index (χ1n) is 9.24. The van der Waals surface area contributed by atoms with Gasteiger partial charge in [-0.05, 0) is 35.7 Å². The number of rotatable bonds is 8. The van der Waals surface area contributed by atoms with Gasteiger partial charge in [-0.1, -0.05) is 30.3 Å². The summed E-state index contributed by atoms with van der Waals surface area (Å²) in [5, 5.41) is 7.49. The van der Waals surface area contributed by atoms with Gasteiger partial charge < -0.3 is 15.6 Å². The summed E-state index contributed by atoms with van der Waals surface area (Å²) in [4.78, 5) is 7.30. The molecule has 0 saturated heterocycles. The molecule has 0 fully saturated rings. The van der Waals surface area contributed by atoms with Gasteiger partial charge in [-0.3, -0.25) is 9.20 Å². The van der Waals surface area contributed by atoms with Crippen LogP contribution in [0.1, 0.15) is 11.1 Å². The fourth-order valence-electron chi connectivity index (χ4n) is 3.02. The molecule has 3 aromatic rings. The summed E-state index contributed by atoms with van der Waals surface area (Å²) in [7, 11) is 0.796. The van der Waals surface area contributed by atoms with E-state index in [9.17, 15) is 8.60 Å². The molecule has 0 amide bonds. The predicted octanol–water partition coefficient (Wildman–Crippen LogP) is 3.58. The van der Waals surface area contributed by atoms with E-state index >= 15 is 0 Å². The van der Waals surface area contributed by atoms with Crippen LogP contribution in [0, 0.1) is 5.82 Å². The Labute approximate surface area is 190 Å². The molecule has 0 radical (unpaired) electrons. The molecule has 29 heavy (non-hydrogen) atoms. The summed E-state index contributed by atoms with van der Waals surface area (Å²) in [5.41, 5.74) is 3.02. The van der Waals surface area contributed by atoms with Crippen LogP contribution in [0.25, 0.3) is 10.9 Å². The minimum absolute atomic E-state index is 0. The van der Waals surface area contributed by atoms with E-state index in [2.05, 4.69) is 20.6 Å². The van der Waals surface area contributed by atoms with Crippen molar-refractivity contribution in [2.24, 2.45) is 4.99 Å². The Morgan fingerprint density at radius 1 is 1.14 bits per heavy atom. The molecule has 1 atom stereocenters. The molecule has 0 aliphatic rings. The van der Waals surface area contributed by atoms with Gasteiger partial charge in [0, 0.05) is 59.5 Å². The summed E-state index contributed by atoms with van der Waals surface area (Å²) >= 11 is 0. The van der Waals surface area contributed by atoms with Crippen molar-refractivity contribution >= 4 is 51.6 Å². The predicted molar refractivity (Wildman–Crippen MR) is 130 cm³/mol. The van der Waals surface area contributed by atoms with E-state index in [0.29, 0.717) is 30.6 Å². The lowest BCUT2D eigenvalue weighted by Crippen LogP contribution is -2.40. The zero-order valence-electron chi connectivity index (χ0n) is 16.3. The average molecular weight is 528 g/mol. The Kier molecular flexibility index (Phi) is 9.59.